The molecule has 0 amide bonds. The van der Waals surface area contributed by atoms with E-state index in [9.17, 15) is 8.42 Å². The van der Waals surface area contributed by atoms with Gasteiger partial charge in [-0.3, -0.25) is 0 Å². The first-order valence-corrected chi connectivity index (χ1v) is 7.71. The first kappa shape index (κ1) is 13.2. The number of aromatic nitrogens is 2. The molecule has 2 aromatic rings. The van der Waals surface area contributed by atoms with Gasteiger partial charge in [-0.15, -0.1) is 0 Å². The van der Waals surface area contributed by atoms with Crippen molar-refractivity contribution >= 4 is 10.0 Å². The van der Waals surface area contributed by atoms with E-state index in [1.165, 1.54) is 6.33 Å². The SMILES string of the molecule is O=S(=O)(NCCc1ncno1)c1ccc2c(c1)CNC2. The first-order valence-electron chi connectivity index (χ1n) is 6.23. The summed E-state index contributed by atoms with van der Waals surface area (Å²) in [6, 6.07) is 5.19. The van der Waals surface area contributed by atoms with Crippen LogP contribution in [0.1, 0.15) is 17.0 Å². The van der Waals surface area contributed by atoms with Crippen molar-refractivity contribution in [3.05, 3.63) is 41.5 Å². The molecule has 0 unspecified atom stereocenters. The van der Waals surface area contributed by atoms with Crippen molar-refractivity contribution < 1.29 is 12.9 Å². The topological polar surface area (TPSA) is 97.1 Å². The Morgan fingerprint density at radius 3 is 2.95 bits per heavy atom. The van der Waals surface area contributed by atoms with Gasteiger partial charge in [0.15, 0.2) is 6.33 Å². The van der Waals surface area contributed by atoms with E-state index in [1.54, 1.807) is 12.1 Å². The highest BCUT2D eigenvalue weighted by molar-refractivity contribution is 7.89. The first-order chi connectivity index (χ1) is 9.65. The monoisotopic (exact) mass is 294 g/mol. The largest absolute Gasteiger partial charge is 0.340 e. The van der Waals surface area contributed by atoms with Crippen molar-refractivity contribution in [1.82, 2.24) is 20.2 Å². The van der Waals surface area contributed by atoms with Crippen molar-refractivity contribution in [2.75, 3.05) is 6.54 Å². The summed E-state index contributed by atoms with van der Waals surface area (Å²) in [5.74, 6) is 0.408. The van der Waals surface area contributed by atoms with Gasteiger partial charge in [-0.2, -0.15) is 4.98 Å². The zero-order valence-electron chi connectivity index (χ0n) is 10.7. The molecule has 106 valence electrons. The molecule has 3 rings (SSSR count). The molecule has 0 saturated heterocycles. The lowest BCUT2D eigenvalue weighted by atomic mass is 10.1. The van der Waals surface area contributed by atoms with Crippen molar-refractivity contribution in [3.63, 3.8) is 0 Å². The van der Waals surface area contributed by atoms with Gasteiger partial charge < -0.3 is 9.84 Å². The predicted octanol–water partition coefficient (Wildman–Crippen LogP) is 0.194. The van der Waals surface area contributed by atoms with Gasteiger partial charge in [-0.25, -0.2) is 13.1 Å². The Morgan fingerprint density at radius 2 is 2.15 bits per heavy atom. The maximum atomic E-state index is 12.2. The maximum Gasteiger partial charge on any atom is 0.240 e. The van der Waals surface area contributed by atoms with E-state index in [4.69, 9.17) is 4.52 Å². The molecule has 0 bridgehead atoms. The molecule has 2 heterocycles. The second kappa shape index (κ2) is 5.31. The summed E-state index contributed by atoms with van der Waals surface area (Å²) in [6.07, 6.45) is 1.66. The average molecular weight is 294 g/mol. The van der Waals surface area contributed by atoms with Gasteiger partial charge in [-0.05, 0) is 23.3 Å². The van der Waals surface area contributed by atoms with Crippen LogP contribution >= 0.6 is 0 Å². The van der Waals surface area contributed by atoms with Crippen molar-refractivity contribution in [1.29, 1.82) is 0 Å². The van der Waals surface area contributed by atoms with Crippen molar-refractivity contribution in [3.8, 4) is 0 Å². The number of sulfonamides is 1. The normalized spacial score (nSPS) is 14.4. The summed E-state index contributed by atoms with van der Waals surface area (Å²) in [6.45, 7) is 1.72. The van der Waals surface area contributed by atoms with Crippen LogP contribution < -0.4 is 10.0 Å². The van der Waals surface area contributed by atoms with E-state index in [2.05, 4.69) is 20.2 Å². The lowest BCUT2D eigenvalue weighted by molar-refractivity contribution is 0.377. The van der Waals surface area contributed by atoms with Crippen LogP contribution in [0.2, 0.25) is 0 Å². The number of fused-ring (bicyclic) bond motifs is 1. The van der Waals surface area contributed by atoms with Gasteiger partial charge in [0.2, 0.25) is 15.9 Å². The molecule has 0 spiro atoms. The molecule has 0 saturated carbocycles. The van der Waals surface area contributed by atoms with Crippen LogP contribution in [0.3, 0.4) is 0 Å². The second-order valence-electron chi connectivity index (χ2n) is 4.52. The van der Waals surface area contributed by atoms with E-state index in [-0.39, 0.29) is 11.4 Å². The van der Waals surface area contributed by atoms with Crippen LogP contribution in [-0.2, 0) is 29.5 Å². The van der Waals surface area contributed by atoms with E-state index in [0.29, 0.717) is 18.9 Å². The third-order valence-electron chi connectivity index (χ3n) is 3.16. The molecular weight excluding hydrogens is 280 g/mol. The highest BCUT2D eigenvalue weighted by atomic mass is 32.2. The highest BCUT2D eigenvalue weighted by Gasteiger charge is 2.18. The van der Waals surface area contributed by atoms with E-state index < -0.39 is 10.0 Å². The van der Waals surface area contributed by atoms with Crippen LogP contribution in [0.25, 0.3) is 0 Å². The summed E-state index contributed by atoms with van der Waals surface area (Å²) >= 11 is 0. The Kier molecular flexibility index (Phi) is 3.51. The smallest absolute Gasteiger partial charge is 0.240 e. The molecule has 0 radical (unpaired) electrons. The zero-order valence-corrected chi connectivity index (χ0v) is 11.5. The van der Waals surface area contributed by atoms with E-state index >= 15 is 0 Å². The molecule has 1 aliphatic heterocycles. The minimum atomic E-state index is -3.50. The Hall–Kier alpha value is -1.77. The summed E-state index contributed by atoms with van der Waals surface area (Å²) in [7, 11) is -3.50. The van der Waals surface area contributed by atoms with Crippen LogP contribution in [0.4, 0.5) is 0 Å². The fraction of sp³-hybridized carbons (Fsp3) is 0.333. The minimum absolute atomic E-state index is 0.222. The molecule has 0 aliphatic carbocycles. The maximum absolute atomic E-state index is 12.2. The van der Waals surface area contributed by atoms with Gasteiger partial charge in [0.05, 0.1) is 4.90 Å². The Bertz CT molecular complexity index is 697. The lowest BCUT2D eigenvalue weighted by Crippen LogP contribution is -2.26. The Balaban J connectivity index is 1.68. The summed E-state index contributed by atoms with van der Waals surface area (Å²) in [5, 5.41) is 6.65. The summed E-state index contributed by atoms with van der Waals surface area (Å²) < 4.78 is 31.7. The molecule has 1 aliphatic rings. The third-order valence-corrected chi connectivity index (χ3v) is 4.62. The number of nitrogens with zero attached hydrogens (tertiary/aromatic N) is 2. The van der Waals surface area contributed by atoms with Gasteiger partial charge in [0, 0.05) is 26.1 Å². The number of hydrogen-bond acceptors (Lipinski definition) is 6. The number of rotatable bonds is 5. The quantitative estimate of drug-likeness (QED) is 0.817. The molecule has 1 aromatic carbocycles. The lowest BCUT2D eigenvalue weighted by Gasteiger charge is -2.07. The number of benzene rings is 1. The second-order valence-corrected chi connectivity index (χ2v) is 6.28. The Morgan fingerprint density at radius 1 is 1.30 bits per heavy atom. The van der Waals surface area contributed by atoms with Crippen LogP contribution in [-0.4, -0.2) is 25.1 Å². The predicted molar refractivity (Wildman–Crippen MR) is 70.2 cm³/mol. The number of hydrogen-bond donors (Lipinski definition) is 2. The van der Waals surface area contributed by atoms with Gasteiger partial charge in [0.25, 0.3) is 0 Å². The average Bonchev–Trinajstić information content (AvgIpc) is 3.08. The van der Waals surface area contributed by atoms with Crippen molar-refractivity contribution in [2.24, 2.45) is 0 Å². The standard InChI is InChI=1S/C12H14N4O3S/c17-20(18,16-4-3-12-14-8-15-19-12)11-2-1-9-6-13-7-10(9)5-11/h1-2,5,8,13,16H,3-4,6-7H2. The Labute approximate surface area is 116 Å². The molecule has 2 N–H and O–H groups in total. The fourth-order valence-corrected chi connectivity index (χ4v) is 3.20. The van der Waals surface area contributed by atoms with E-state index in [1.807, 2.05) is 6.07 Å². The molecule has 8 heteroatoms. The molecular formula is C12H14N4O3S. The molecule has 7 nitrogen and oxygen atoms in total. The van der Waals surface area contributed by atoms with E-state index in [0.717, 1.165) is 17.7 Å². The van der Waals surface area contributed by atoms with Crippen LogP contribution in [0, 0.1) is 0 Å². The molecule has 0 fully saturated rings. The third kappa shape index (κ3) is 2.72. The van der Waals surface area contributed by atoms with Crippen LogP contribution in [0.15, 0.2) is 33.9 Å². The fourth-order valence-electron chi connectivity index (χ4n) is 2.12. The molecule has 20 heavy (non-hydrogen) atoms. The summed E-state index contributed by atoms with van der Waals surface area (Å²) in [5.41, 5.74) is 2.18. The van der Waals surface area contributed by atoms with Gasteiger partial charge in [0.1, 0.15) is 0 Å². The highest BCUT2D eigenvalue weighted by Crippen LogP contribution is 2.19. The number of nitrogens with one attached hydrogen (secondary N) is 2. The van der Waals surface area contributed by atoms with Gasteiger partial charge in [-0.1, -0.05) is 11.2 Å². The molecule has 1 aromatic heterocycles. The van der Waals surface area contributed by atoms with Crippen molar-refractivity contribution in [2.45, 2.75) is 24.4 Å². The van der Waals surface area contributed by atoms with Crippen LogP contribution in [0.5, 0.6) is 0 Å². The minimum Gasteiger partial charge on any atom is -0.340 e. The zero-order chi connectivity index (χ0) is 14.0. The summed E-state index contributed by atoms with van der Waals surface area (Å²) in [4.78, 5) is 4.12. The molecule has 0 atom stereocenters. The van der Waals surface area contributed by atoms with Gasteiger partial charge >= 0.3 is 0 Å².